The molecule has 7 heteroatoms. The minimum Gasteiger partial charge on any atom is -0.370 e. The minimum absolute atomic E-state index is 0.0240. The van der Waals surface area contributed by atoms with E-state index in [0.29, 0.717) is 17.2 Å². The maximum absolute atomic E-state index is 12.4. The molecule has 0 radical (unpaired) electrons. The summed E-state index contributed by atoms with van der Waals surface area (Å²) in [5.41, 5.74) is 17.2. The van der Waals surface area contributed by atoms with Crippen LogP contribution in [0.3, 0.4) is 0 Å². The van der Waals surface area contributed by atoms with Crippen molar-refractivity contribution in [3.8, 4) is 0 Å². The molecule has 0 unspecified atom stereocenters. The van der Waals surface area contributed by atoms with E-state index < -0.39 is 0 Å². The first kappa shape index (κ1) is 15.8. The van der Waals surface area contributed by atoms with Crippen molar-refractivity contribution in [1.29, 1.82) is 0 Å². The number of hydrogen-bond donors (Lipinski definition) is 3. The highest BCUT2D eigenvalue weighted by Gasteiger charge is 2.21. The lowest BCUT2D eigenvalue weighted by Gasteiger charge is -2.30. The van der Waals surface area contributed by atoms with Crippen molar-refractivity contribution in [3.05, 3.63) is 29.8 Å². The van der Waals surface area contributed by atoms with Crippen molar-refractivity contribution >= 4 is 23.5 Å². The van der Waals surface area contributed by atoms with E-state index in [0.717, 1.165) is 25.9 Å². The summed E-state index contributed by atoms with van der Waals surface area (Å²) < 4.78 is 0. The standard InChI is InChI=1S/C15H22N6O/c1-10-6-8-21(9-7-10)13(22)11-2-4-12(5-3-11)19-15(18)20-14(16)17/h2-5,10H,6-9H2,1H3,(H6,16,17,18,19,20). The summed E-state index contributed by atoms with van der Waals surface area (Å²) in [6.45, 7) is 3.85. The molecular weight excluding hydrogens is 280 g/mol. The normalized spacial score (nSPS) is 16.4. The Morgan fingerprint density at radius 2 is 1.73 bits per heavy atom. The number of nitrogens with zero attached hydrogens (tertiary/aromatic N) is 3. The van der Waals surface area contributed by atoms with Gasteiger partial charge < -0.3 is 22.1 Å². The molecule has 1 aromatic rings. The van der Waals surface area contributed by atoms with Gasteiger partial charge in [0.15, 0.2) is 5.96 Å². The summed E-state index contributed by atoms with van der Waals surface area (Å²) in [7, 11) is 0. The van der Waals surface area contributed by atoms with Gasteiger partial charge in [-0.25, -0.2) is 4.99 Å². The lowest BCUT2D eigenvalue weighted by atomic mass is 9.98. The Balaban J connectivity index is 2.05. The van der Waals surface area contributed by atoms with E-state index in [1.165, 1.54) is 0 Å². The quantitative estimate of drug-likeness (QED) is 0.551. The Kier molecular flexibility index (Phi) is 4.98. The van der Waals surface area contributed by atoms with Gasteiger partial charge in [0.25, 0.3) is 5.91 Å². The SMILES string of the molecule is CC1CCN(C(=O)c2ccc(N=C(N)N=C(N)N)cc2)CC1. The Hall–Kier alpha value is -2.57. The van der Waals surface area contributed by atoms with Crippen molar-refractivity contribution in [2.24, 2.45) is 33.1 Å². The van der Waals surface area contributed by atoms with Gasteiger partial charge in [0, 0.05) is 18.7 Å². The summed E-state index contributed by atoms with van der Waals surface area (Å²) in [6, 6.07) is 6.91. The van der Waals surface area contributed by atoms with E-state index in [9.17, 15) is 4.79 Å². The summed E-state index contributed by atoms with van der Waals surface area (Å²) in [6.07, 6.45) is 2.12. The van der Waals surface area contributed by atoms with Crippen LogP contribution in [0.4, 0.5) is 5.69 Å². The molecule has 0 bridgehead atoms. The first-order chi connectivity index (χ1) is 10.5. The predicted octanol–water partition coefficient (Wildman–Crippen LogP) is 0.778. The van der Waals surface area contributed by atoms with Crippen LogP contribution in [0.25, 0.3) is 0 Å². The molecule has 0 saturated carbocycles. The third kappa shape index (κ3) is 4.21. The Labute approximate surface area is 129 Å². The van der Waals surface area contributed by atoms with Crippen LogP contribution in [0.15, 0.2) is 34.3 Å². The van der Waals surface area contributed by atoms with Gasteiger partial charge in [-0.3, -0.25) is 4.79 Å². The molecular formula is C15H22N6O. The lowest BCUT2D eigenvalue weighted by molar-refractivity contribution is 0.0697. The molecule has 1 aromatic carbocycles. The van der Waals surface area contributed by atoms with Gasteiger partial charge in [0.1, 0.15) is 0 Å². The molecule has 7 nitrogen and oxygen atoms in total. The van der Waals surface area contributed by atoms with Crippen LogP contribution in [-0.2, 0) is 0 Å². The van der Waals surface area contributed by atoms with Crippen molar-refractivity contribution < 1.29 is 4.79 Å². The average molecular weight is 302 g/mol. The zero-order chi connectivity index (χ0) is 16.1. The number of guanidine groups is 2. The fourth-order valence-electron chi connectivity index (χ4n) is 2.36. The molecule has 2 rings (SSSR count). The Bertz CT molecular complexity index is 581. The number of piperidine rings is 1. The number of benzene rings is 1. The third-order valence-corrected chi connectivity index (χ3v) is 3.67. The van der Waals surface area contributed by atoms with Crippen LogP contribution in [0.5, 0.6) is 0 Å². The van der Waals surface area contributed by atoms with Gasteiger partial charge in [-0.15, -0.1) is 0 Å². The van der Waals surface area contributed by atoms with E-state index in [-0.39, 0.29) is 17.8 Å². The fraction of sp³-hybridized carbons (Fsp3) is 0.400. The smallest absolute Gasteiger partial charge is 0.253 e. The van der Waals surface area contributed by atoms with Gasteiger partial charge in [-0.05, 0) is 43.0 Å². The molecule has 0 aromatic heterocycles. The first-order valence-corrected chi connectivity index (χ1v) is 7.29. The number of carbonyl (C=O) groups excluding carboxylic acids is 1. The molecule has 1 heterocycles. The zero-order valence-corrected chi connectivity index (χ0v) is 12.7. The molecule has 6 N–H and O–H groups in total. The molecule has 1 saturated heterocycles. The maximum Gasteiger partial charge on any atom is 0.253 e. The molecule has 1 aliphatic rings. The average Bonchev–Trinajstić information content (AvgIpc) is 2.47. The summed E-state index contributed by atoms with van der Waals surface area (Å²) in [5.74, 6) is 0.579. The second-order valence-corrected chi connectivity index (χ2v) is 5.53. The van der Waals surface area contributed by atoms with Crippen molar-refractivity contribution in [2.75, 3.05) is 13.1 Å². The van der Waals surface area contributed by atoms with Crippen LogP contribution in [-0.4, -0.2) is 35.8 Å². The Morgan fingerprint density at radius 1 is 1.14 bits per heavy atom. The van der Waals surface area contributed by atoms with E-state index in [1.807, 2.05) is 4.90 Å². The number of aliphatic imine (C=N–C) groups is 2. The van der Waals surface area contributed by atoms with Gasteiger partial charge in [0.05, 0.1) is 5.69 Å². The molecule has 22 heavy (non-hydrogen) atoms. The van der Waals surface area contributed by atoms with E-state index in [4.69, 9.17) is 17.2 Å². The summed E-state index contributed by atoms with van der Waals surface area (Å²) >= 11 is 0. The second-order valence-electron chi connectivity index (χ2n) is 5.53. The summed E-state index contributed by atoms with van der Waals surface area (Å²) in [4.78, 5) is 22.0. The zero-order valence-electron chi connectivity index (χ0n) is 12.7. The topological polar surface area (TPSA) is 123 Å². The molecule has 1 aliphatic heterocycles. The number of hydrogen-bond acceptors (Lipinski definition) is 2. The van der Waals surface area contributed by atoms with E-state index in [2.05, 4.69) is 16.9 Å². The number of rotatable bonds is 2. The minimum atomic E-state index is -0.146. The van der Waals surface area contributed by atoms with Gasteiger partial charge in [-0.2, -0.15) is 4.99 Å². The molecule has 1 fully saturated rings. The van der Waals surface area contributed by atoms with Crippen LogP contribution in [0.2, 0.25) is 0 Å². The Morgan fingerprint density at radius 3 is 2.27 bits per heavy atom. The monoisotopic (exact) mass is 302 g/mol. The van der Waals surface area contributed by atoms with Crippen LogP contribution in [0, 0.1) is 5.92 Å². The molecule has 0 spiro atoms. The maximum atomic E-state index is 12.4. The van der Waals surface area contributed by atoms with E-state index in [1.54, 1.807) is 24.3 Å². The van der Waals surface area contributed by atoms with Crippen LogP contribution >= 0.6 is 0 Å². The van der Waals surface area contributed by atoms with E-state index >= 15 is 0 Å². The first-order valence-electron chi connectivity index (χ1n) is 7.29. The van der Waals surface area contributed by atoms with Crippen LogP contribution < -0.4 is 17.2 Å². The van der Waals surface area contributed by atoms with Crippen molar-refractivity contribution in [2.45, 2.75) is 19.8 Å². The number of likely N-dealkylation sites (tertiary alicyclic amines) is 1. The fourth-order valence-corrected chi connectivity index (χ4v) is 2.36. The lowest BCUT2D eigenvalue weighted by Crippen LogP contribution is -2.37. The number of nitrogens with two attached hydrogens (primary N) is 3. The van der Waals surface area contributed by atoms with Gasteiger partial charge in [0.2, 0.25) is 5.96 Å². The summed E-state index contributed by atoms with van der Waals surface area (Å²) in [5, 5.41) is 0. The number of carbonyl (C=O) groups is 1. The molecule has 1 amide bonds. The largest absolute Gasteiger partial charge is 0.370 e. The van der Waals surface area contributed by atoms with Gasteiger partial charge in [-0.1, -0.05) is 6.92 Å². The molecule has 0 atom stereocenters. The van der Waals surface area contributed by atoms with Crippen LogP contribution in [0.1, 0.15) is 30.1 Å². The highest BCUT2D eigenvalue weighted by molar-refractivity contribution is 5.95. The van der Waals surface area contributed by atoms with Crippen molar-refractivity contribution in [3.63, 3.8) is 0 Å². The molecule has 118 valence electrons. The third-order valence-electron chi connectivity index (χ3n) is 3.67. The highest BCUT2D eigenvalue weighted by Crippen LogP contribution is 2.19. The highest BCUT2D eigenvalue weighted by atomic mass is 16.2. The van der Waals surface area contributed by atoms with Crippen molar-refractivity contribution in [1.82, 2.24) is 4.90 Å². The van der Waals surface area contributed by atoms with Gasteiger partial charge >= 0.3 is 0 Å². The second kappa shape index (κ2) is 6.93. The predicted molar refractivity (Wildman–Crippen MR) is 87.8 cm³/mol. The number of amides is 1. The molecule has 0 aliphatic carbocycles.